The number of hydrogen-bond donors (Lipinski definition) is 1. The van der Waals surface area contributed by atoms with Gasteiger partial charge in [0, 0.05) is 19.5 Å². The fourth-order valence-electron chi connectivity index (χ4n) is 2.69. The normalized spacial score (nSPS) is 17.6. The van der Waals surface area contributed by atoms with Crippen LogP contribution in [0.1, 0.15) is 38.7 Å². The Morgan fingerprint density at radius 2 is 2.20 bits per heavy atom. The Kier molecular flexibility index (Phi) is 6.05. The van der Waals surface area contributed by atoms with Crippen molar-refractivity contribution < 1.29 is 4.79 Å². The lowest BCUT2D eigenvalue weighted by atomic mass is 9.96. The minimum Gasteiger partial charge on any atom is -0.356 e. The first-order chi connectivity index (χ1) is 9.63. The fraction of sp³-hybridized carbons (Fsp3) is 0.688. The number of carbonyl (C=O) groups is 1. The van der Waals surface area contributed by atoms with Crippen molar-refractivity contribution in [1.82, 2.24) is 10.2 Å². The van der Waals surface area contributed by atoms with E-state index in [1.807, 2.05) is 0 Å². The summed E-state index contributed by atoms with van der Waals surface area (Å²) in [6, 6.07) is 2.21. The Labute approximate surface area is 126 Å². The second kappa shape index (κ2) is 7.79. The highest BCUT2D eigenvalue weighted by molar-refractivity contribution is 7.07. The molecule has 20 heavy (non-hydrogen) atoms. The number of carbonyl (C=O) groups excluding carboxylic acids is 1. The van der Waals surface area contributed by atoms with Gasteiger partial charge in [0.2, 0.25) is 5.91 Å². The van der Waals surface area contributed by atoms with Crippen LogP contribution in [-0.2, 0) is 11.3 Å². The molecule has 1 N–H and O–H groups in total. The monoisotopic (exact) mass is 294 g/mol. The van der Waals surface area contributed by atoms with Crippen molar-refractivity contribution in [2.45, 2.75) is 39.7 Å². The molecule has 0 spiro atoms. The number of nitrogens with zero attached hydrogens (tertiary/aromatic N) is 1. The molecule has 1 amide bonds. The van der Waals surface area contributed by atoms with E-state index in [1.54, 1.807) is 11.3 Å². The molecule has 2 heterocycles. The van der Waals surface area contributed by atoms with Crippen LogP contribution >= 0.6 is 11.3 Å². The van der Waals surface area contributed by atoms with E-state index in [9.17, 15) is 4.79 Å². The SMILES string of the molecule is CC(C)CC(=O)NCC1CCN(Cc2ccsc2)CC1. The molecule has 1 aromatic rings. The number of hydrogen-bond acceptors (Lipinski definition) is 3. The Hall–Kier alpha value is -0.870. The lowest BCUT2D eigenvalue weighted by Gasteiger charge is -2.31. The summed E-state index contributed by atoms with van der Waals surface area (Å²) in [5.41, 5.74) is 1.43. The first kappa shape index (κ1) is 15.5. The van der Waals surface area contributed by atoms with Crippen molar-refractivity contribution in [3.8, 4) is 0 Å². The zero-order valence-corrected chi connectivity index (χ0v) is 13.4. The average molecular weight is 294 g/mol. The molecule has 3 nitrogen and oxygen atoms in total. The molecule has 1 aliphatic heterocycles. The second-order valence-corrected chi connectivity index (χ2v) is 7.03. The first-order valence-corrected chi connectivity index (χ1v) is 8.58. The molecule has 0 aliphatic carbocycles. The van der Waals surface area contributed by atoms with Gasteiger partial charge < -0.3 is 5.32 Å². The maximum Gasteiger partial charge on any atom is 0.220 e. The van der Waals surface area contributed by atoms with E-state index < -0.39 is 0 Å². The number of thiophene rings is 1. The van der Waals surface area contributed by atoms with E-state index >= 15 is 0 Å². The summed E-state index contributed by atoms with van der Waals surface area (Å²) in [7, 11) is 0. The predicted octanol–water partition coefficient (Wildman–Crippen LogP) is 3.12. The van der Waals surface area contributed by atoms with Gasteiger partial charge in [-0.15, -0.1) is 0 Å². The number of piperidine rings is 1. The van der Waals surface area contributed by atoms with Crippen LogP contribution in [0, 0.1) is 11.8 Å². The molecule has 1 aliphatic rings. The van der Waals surface area contributed by atoms with Crippen molar-refractivity contribution in [2.24, 2.45) is 11.8 Å². The van der Waals surface area contributed by atoms with Gasteiger partial charge in [0.1, 0.15) is 0 Å². The lowest BCUT2D eigenvalue weighted by molar-refractivity contribution is -0.122. The van der Waals surface area contributed by atoms with Crippen molar-refractivity contribution >= 4 is 17.2 Å². The Balaban J connectivity index is 1.63. The number of likely N-dealkylation sites (tertiary alicyclic amines) is 1. The molecule has 4 heteroatoms. The van der Waals surface area contributed by atoms with Crippen molar-refractivity contribution in [3.05, 3.63) is 22.4 Å². The van der Waals surface area contributed by atoms with Crippen molar-refractivity contribution in [2.75, 3.05) is 19.6 Å². The Morgan fingerprint density at radius 3 is 2.80 bits per heavy atom. The summed E-state index contributed by atoms with van der Waals surface area (Å²) in [4.78, 5) is 14.2. The molecule has 0 aromatic carbocycles. The van der Waals surface area contributed by atoms with Crippen molar-refractivity contribution in [3.63, 3.8) is 0 Å². The molecule has 0 atom stereocenters. The highest BCUT2D eigenvalue weighted by atomic mass is 32.1. The van der Waals surface area contributed by atoms with Gasteiger partial charge in [0.25, 0.3) is 0 Å². The summed E-state index contributed by atoms with van der Waals surface area (Å²) < 4.78 is 0. The van der Waals surface area contributed by atoms with E-state index in [-0.39, 0.29) is 5.91 Å². The lowest BCUT2D eigenvalue weighted by Crippen LogP contribution is -2.38. The quantitative estimate of drug-likeness (QED) is 0.874. The largest absolute Gasteiger partial charge is 0.356 e. The van der Waals surface area contributed by atoms with E-state index in [2.05, 4.69) is 40.9 Å². The van der Waals surface area contributed by atoms with E-state index in [4.69, 9.17) is 0 Å². The van der Waals surface area contributed by atoms with Crippen LogP contribution in [0.3, 0.4) is 0 Å². The van der Waals surface area contributed by atoms with Crippen LogP contribution in [0.25, 0.3) is 0 Å². The van der Waals surface area contributed by atoms with Gasteiger partial charge in [-0.1, -0.05) is 13.8 Å². The van der Waals surface area contributed by atoms with Crippen molar-refractivity contribution in [1.29, 1.82) is 0 Å². The summed E-state index contributed by atoms with van der Waals surface area (Å²) in [5.74, 6) is 1.31. The maximum absolute atomic E-state index is 11.7. The molecule has 0 bridgehead atoms. The number of rotatable bonds is 6. The molecule has 1 aromatic heterocycles. The summed E-state index contributed by atoms with van der Waals surface area (Å²) in [5, 5.41) is 7.47. The van der Waals surface area contributed by atoms with Crippen LogP contribution < -0.4 is 5.32 Å². The van der Waals surface area contributed by atoms with Gasteiger partial charge in [-0.2, -0.15) is 11.3 Å². The minimum absolute atomic E-state index is 0.209. The molecular weight excluding hydrogens is 268 g/mol. The number of nitrogens with one attached hydrogen (secondary N) is 1. The fourth-order valence-corrected chi connectivity index (χ4v) is 3.35. The standard InChI is InChI=1S/C16H26N2OS/c1-13(2)9-16(19)17-10-14-3-6-18(7-4-14)11-15-5-8-20-12-15/h5,8,12-14H,3-4,6-7,9-11H2,1-2H3,(H,17,19). The topological polar surface area (TPSA) is 32.3 Å². The Bertz CT molecular complexity index is 395. The molecule has 0 radical (unpaired) electrons. The van der Waals surface area contributed by atoms with Gasteiger partial charge in [0.05, 0.1) is 0 Å². The molecule has 2 rings (SSSR count). The zero-order chi connectivity index (χ0) is 14.4. The Morgan fingerprint density at radius 1 is 1.45 bits per heavy atom. The van der Waals surface area contributed by atoms with Gasteiger partial charge in [-0.05, 0) is 60.2 Å². The molecule has 1 saturated heterocycles. The maximum atomic E-state index is 11.7. The van der Waals surface area contributed by atoms with E-state index in [0.29, 0.717) is 18.3 Å². The van der Waals surface area contributed by atoms with Gasteiger partial charge >= 0.3 is 0 Å². The van der Waals surface area contributed by atoms with Gasteiger partial charge in [-0.3, -0.25) is 9.69 Å². The predicted molar refractivity (Wildman–Crippen MR) is 84.8 cm³/mol. The van der Waals surface area contributed by atoms with E-state index in [1.165, 1.54) is 18.4 Å². The zero-order valence-electron chi connectivity index (χ0n) is 12.6. The molecule has 112 valence electrons. The third-order valence-corrected chi connectivity index (χ3v) is 4.61. The van der Waals surface area contributed by atoms with E-state index in [0.717, 1.165) is 26.2 Å². The summed E-state index contributed by atoms with van der Waals surface area (Å²) in [6.07, 6.45) is 3.05. The molecule has 0 unspecified atom stereocenters. The highest BCUT2D eigenvalue weighted by Crippen LogP contribution is 2.19. The van der Waals surface area contributed by atoms with Gasteiger partial charge in [-0.25, -0.2) is 0 Å². The van der Waals surface area contributed by atoms with Crippen LogP contribution in [0.4, 0.5) is 0 Å². The number of amides is 1. The van der Waals surface area contributed by atoms with Crippen LogP contribution in [-0.4, -0.2) is 30.4 Å². The molecule has 0 saturated carbocycles. The van der Waals surface area contributed by atoms with Crippen LogP contribution in [0.5, 0.6) is 0 Å². The minimum atomic E-state index is 0.209. The third-order valence-electron chi connectivity index (χ3n) is 3.87. The highest BCUT2D eigenvalue weighted by Gasteiger charge is 2.19. The van der Waals surface area contributed by atoms with Gasteiger partial charge in [0.15, 0.2) is 0 Å². The molecule has 1 fully saturated rings. The summed E-state index contributed by atoms with van der Waals surface area (Å²) >= 11 is 1.77. The third kappa shape index (κ3) is 5.25. The first-order valence-electron chi connectivity index (χ1n) is 7.63. The summed E-state index contributed by atoms with van der Waals surface area (Å²) in [6.45, 7) is 8.42. The molecular formula is C16H26N2OS. The van der Waals surface area contributed by atoms with Crippen LogP contribution in [0.2, 0.25) is 0 Å². The average Bonchev–Trinajstić information content (AvgIpc) is 2.90. The van der Waals surface area contributed by atoms with Crippen LogP contribution in [0.15, 0.2) is 16.8 Å². The smallest absolute Gasteiger partial charge is 0.220 e. The second-order valence-electron chi connectivity index (χ2n) is 6.25.